The molecule has 0 amide bonds. The molecule has 6 nitrogen and oxygen atoms in total. The molecule has 0 radical (unpaired) electrons. The highest BCUT2D eigenvalue weighted by Crippen LogP contribution is 2.32. The van der Waals surface area contributed by atoms with Crippen LogP contribution in [0.25, 0.3) is 0 Å². The van der Waals surface area contributed by atoms with Crippen molar-refractivity contribution in [3.8, 4) is 0 Å². The number of hydrogen-bond acceptors (Lipinski definition) is 6. The second-order valence-electron chi connectivity index (χ2n) is 6.25. The summed E-state index contributed by atoms with van der Waals surface area (Å²) in [5.41, 5.74) is 0. The van der Waals surface area contributed by atoms with Crippen molar-refractivity contribution in [3.05, 3.63) is 30.3 Å². The van der Waals surface area contributed by atoms with Gasteiger partial charge in [-0.05, 0) is 18.6 Å². The first kappa shape index (κ1) is 18.9. The fourth-order valence-electron chi connectivity index (χ4n) is 3.05. The molecule has 1 heterocycles. The lowest BCUT2D eigenvalue weighted by Gasteiger charge is -2.41. The zero-order chi connectivity index (χ0) is 17.9. The lowest BCUT2D eigenvalue weighted by Crippen LogP contribution is -2.52. The summed E-state index contributed by atoms with van der Waals surface area (Å²) in [7, 11) is -2.17. The molecule has 1 saturated heterocycles. The van der Waals surface area contributed by atoms with E-state index in [1.165, 1.54) is 7.11 Å². The molecule has 0 saturated carbocycles. The van der Waals surface area contributed by atoms with Crippen molar-refractivity contribution in [1.82, 2.24) is 0 Å². The zero-order valence-electron chi connectivity index (χ0n) is 14.1. The number of sulfone groups is 1. The van der Waals surface area contributed by atoms with Gasteiger partial charge in [-0.3, -0.25) is 0 Å². The van der Waals surface area contributed by atoms with E-state index in [-0.39, 0.29) is 23.0 Å². The Kier molecular flexibility index (Phi) is 6.01. The number of carbonyl (C=O) groups excluding carboxylic acids is 1. The van der Waals surface area contributed by atoms with Crippen LogP contribution in [0.2, 0.25) is 0 Å². The number of methoxy groups -OCH3 is 1. The Morgan fingerprint density at radius 3 is 2.42 bits per heavy atom. The van der Waals surface area contributed by atoms with Gasteiger partial charge in [0.2, 0.25) is 0 Å². The first-order valence-corrected chi connectivity index (χ1v) is 9.62. The van der Waals surface area contributed by atoms with Crippen LogP contribution in [0, 0.1) is 11.8 Å². The predicted octanol–water partition coefficient (Wildman–Crippen LogP) is 1.42. The lowest BCUT2D eigenvalue weighted by molar-refractivity contribution is -0.193. The molecule has 1 N–H and O–H groups in total. The van der Waals surface area contributed by atoms with Crippen molar-refractivity contribution in [2.24, 2.45) is 11.8 Å². The second kappa shape index (κ2) is 7.63. The van der Waals surface area contributed by atoms with E-state index in [4.69, 9.17) is 9.47 Å². The summed E-state index contributed by atoms with van der Waals surface area (Å²) in [5, 5.41) is 10.3. The highest BCUT2D eigenvalue weighted by atomic mass is 32.2. The Hall–Kier alpha value is -1.44. The summed E-state index contributed by atoms with van der Waals surface area (Å²) >= 11 is 0. The van der Waals surface area contributed by atoms with Crippen molar-refractivity contribution in [2.75, 3.05) is 12.9 Å². The number of esters is 1. The summed E-state index contributed by atoms with van der Waals surface area (Å²) in [4.78, 5) is 12.1. The van der Waals surface area contributed by atoms with Crippen LogP contribution in [-0.2, 0) is 24.1 Å². The van der Waals surface area contributed by atoms with Gasteiger partial charge in [-0.2, -0.15) is 0 Å². The summed E-state index contributed by atoms with van der Waals surface area (Å²) in [6.45, 7) is 3.52. The molecule has 24 heavy (non-hydrogen) atoms. The Labute approximate surface area is 142 Å². The van der Waals surface area contributed by atoms with E-state index in [1.54, 1.807) is 44.2 Å². The standard InChI is InChI=1S/C17H24O6S/c1-11-14(23-16(17(19)22-3)12(2)15(11)18)9-10-24(20,21)13-7-5-4-6-8-13/h4-8,11-12,14-16,18H,9-10H2,1-3H3/t11-,12-,14+,15-,16+/m1/s1. The van der Waals surface area contributed by atoms with Gasteiger partial charge in [0.15, 0.2) is 15.9 Å². The molecule has 0 aromatic heterocycles. The van der Waals surface area contributed by atoms with Gasteiger partial charge in [0, 0.05) is 11.8 Å². The van der Waals surface area contributed by atoms with Gasteiger partial charge in [-0.15, -0.1) is 0 Å². The topological polar surface area (TPSA) is 89.9 Å². The smallest absolute Gasteiger partial charge is 0.335 e. The molecular weight excluding hydrogens is 332 g/mol. The lowest BCUT2D eigenvalue weighted by atomic mass is 9.82. The van der Waals surface area contributed by atoms with Gasteiger partial charge in [-0.25, -0.2) is 13.2 Å². The minimum atomic E-state index is -3.44. The molecule has 0 aliphatic carbocycles. The molecule has 0 spiro atoms. The van der Waals surface area contributed by atoms with E-state index in [9.17, 15) is 18.3 Å². The SMILES string of the molecule is COC(=O)[C@H]1O[C@@H](CCS(=O)(=O)c2ccccc2)[C@@H](C)[C@@H](O)[C@H]1C. The van der Waals surface area contributed by atoms with Gasteiger partial charge in [0.25, 0.3) is 0 Å². The first-order valence-electron chi connectivity index (χ1n) is 7.97. The number of benzene rings is 1. The Bertz CT molecular complexity index is 657. The quantitative estimate of drug-likeness (QED) is 0.803. The molecule has 1 aromatic carbocycles. The van der Waals surface area contributed by atoms with Gasteiger partial charge >= 0.3 is 5.97 Å². The fraction of sp³-hybridized carbons (Fsp3) is 0.588. The number of carbonyl (C=O) groups is 1. The number of aliphatic hydroxyl groups is 1. The normalized spacial score (nSPS) is 30.8. The van der Waals surface area contributed by atoms with E-state index in [0.717, 1.165) is 0 Å². The van der Waals surface area contributed by atoms with Crippen LogP contribution >= 0.6 is 0 Å². The minimum Gasteiger partial charge on any atom is -0.467 e. The van der Waals surface area contributed by atoms with Crippen molar-refractivity contribution < 1.29 is 27.8 Å². The maximum absolute atomic E-state index is 12.4. The molecule has 1 aliphatic heterocycles. The van der Waals surface area contributed by atoms with Crippen LogP contribution < -0.4 is 0 Å². The Balaban J connectivity index is 2.09. The maximum atomic E-state index is 12.4. The van der Waals surface area contributed by atoms with Crippen molar-refractivity contribution >= 4 is 15.8 Å². The molecule has 1 fully saturated rings. The van der Waals surface area contributed by atoms with Crippen molar-refractivity contribution in [3.63, 3.8) is 0 Å². The highest BCUT2D eigenvalue weighted by molar-refractivity contribution is 7.91. The monoisotopic (exact) mass is 356 g/mol. The molecule has 5 atom stereocenters. The Morgan fingerprint density at radius 1 is 1.21 bits per heavy atom. The highest BCUT2D eigenvalue weighted by Gasteiger charge is 2.44. The zero-order valence-corrected chi connectivity index (χ0v) is 14.9. The molecule has 0 bridgehead atoms. The summed E-state index contributed by atoms with van der Waals surface area (Å²) in [6.07, 6.45) is -1.97. The van der Waals surface area contributed by atoms with Gasteiger partial charge in [-0.1, -0.05) is 32.0 Å². The summed E-state index contributed by atoms with van der Waals surface area (Å²) in [6, 6.07) is 8.20. The first-order chi connectivity index (χ1) is 11.3. The maximum Gasteiger partial charge on any atom is 0.335 e. The van der Waals surface area contributed by atoms with Crippen molar-refractivity contribution in [2.45, 2.75) is 43.5 Å². The van der Waals surface area contributed by atoms with E-state index in [0.29, 0.717) is 0 Å². The third-order valence-electron chi connectivity index (χ3n) is 4.67. The van der Waals surface area contributed by atoms with E-state index >= 15 is 0 Å². The number of rotatable bonds is 5. The molecule has 0 unspecified atom stereocenters. The largest absolute Gasteiger partial charge is 0.467 e. The van der Waals surface area contributed by atoms with Crippen LogP contribution in [-0.4, -0.2) is 50.7 Å². The third kappa shape index (κ3) is 3.96. The molecule has 7 heteroatoms. The molecule has 134 valence electrons. The van der Waals surface area contributed by atoms with Crippen LogP contribution in [0.4, 0.5) is 0 Å². The van der Waals surface area contributed by atoms with Crippen molar-refractivity contribution in [1.29, 1.82) is 0 Å². The van der Waals surface area contributed by atoms with Gasteiger partial charge in [0.05, 0.1) is 30.0 Å². The average Bonchev–Trinajstić information content (AvgIpc) is 2.59. The minimum absolute atomic E-state index is 0.110. The molecule has 2 rings (SSSR count). The summed E-state index contributed by atoms with van der Waals surface area (Å²) in [5.74, 6) is -1.34. The van der Waals surface area contributed by atoms with Crippen LogP contribution in [0.15, 0.2) is 35.2 Å². The Morgan fingerprint density at radius 2 is 1.83 bits per heavy atom. The molecule has 1 aromatic rings. The van der Waals surface area contributed by atoms with Crippen LogP contribution in [0.5, 0.6) is 0 Å². The van der Waals surface area contributed by atoms with Crippen LogP contribution in [0.1, 0.15) is 20.3 Å². The van der Waals surface area contributed by atoms with Gasteiger partial charge in [0.1, 0.15) is 0 Å². The molecule has 1 aliphatic rings. The fourth-order valence-corrected chi connectivity index (χ4v) is 4.40. The molecular formula is C17H24O6S. The van der Waals surface area contributed by atoms with E-state index in [1.807, 2.05) is 0 Å². The average molecular weight is 356 g/mol. The van der Waals surface area contributed by atoms with Gasteiger partial charge < -0.3 is 14.6 Å². The number of ether oxygens (including phenoxy) is 2. The number of aliphatic hydroxyl groups excluding tert-OH is 1. The van der Waals surface area contributed by atoms with E-state index < -0.39 is 40.0 Å². The summed E-state index contributed by atoms with van der Waals surface area (Å²) < 4.78 is 35.3. The predicted molar refractivity (Wildman–Crippen MR) is 88.1 cm³/mol. The second-order valence-corrected chi connectivity index (χ2v) is 8.36. The number of hydrogen-bond donors (Lipinski definition) is 1. The third-order valence-corrected chi connectivity index (χ3v) is 6.43. The van der Waals surface area contributed by atoms with Crippen LogP contribution in [0.3, 0.4) is 0 Å². The van der Waals surface area contributed by atoms with E-state index in [2.05, 4.69) is 0 Å².